The number of pyridine rings is 1. The molecule has 0 spiro atoms. The summed E-state index contributed by atoms with van der Waals surface area (Å²) in [4.78, 5) is 17.9. The monoisotopic (exact) mass is 423 g/mol. The van der Waals surface area contributed by atoms with Crippen molar-refractivity contribution in [3.63, 3.8) is 0 Å². The molecule has 4 rings (SSSR count). The smallest absolute Gasteiger partial charge is 0.383 e. The van der Waals surface area contributed by atoms with Gasteiger partial charge in [-0.15, -0.1) is 11.3 Å². The van der Waals surface area contributed by atoms with Gasteiger partial charge >= 0.3 is 6.18 Å². The molecule has 0 unspecified atom stereocenters. The molecule has 9 heteroatoms. The maximum absolute atomic E-state index is 14.1. The minimum Gasteiger partial charge on any atom is -0.383 e. The number of aromatic nitrogens is 1. The van der Waals surface area contributed by atoms with E-state index in [0.717, 1.165) is 17.4 Å². The number of hydrogen-bond acceptors (Lipinski definition) is 4. The van der Waals surface area contributed by atoms with Crippen molar-refractivity contribution in [2.45, 2.75) is 32.4 Å². The fourth-order valence-corrected chi connectivity index (χ4v) is 5.15. The Hall–Kier alpha value is -2.68. The van der Waals surface area contributed by atoms with Crippen LogP contribution in [0.4, 0.5) is 29.1 Å². The third-order valence-electron chi connectivity index (χ3n) is 5.10. The van der Waals surface area contributed by atoms with Crippen molar-refractivity contribution in [2.75, 3.05) is 11.1 Å². The van der Waals surface area contributed by atoms with E-state index in [4.69, 9.17) is 5.73 Å². The molecule has 2 heterocycles. The second-order valence-electron chi connectivity index (χ2n) is 7.21. The number of carbonyl (C=O) groups excluding carboxylic acids is 1. The van der Waals surface area contributed by atoms with Gasteiger partial charge in [0.15, 0.2) is 0 Å². The summed E-state index contributed by atoms with van der Waals surface area (Å²) in [5.41, 5.74) is 4.29. The molecular formula is C20H17F4N3OS. The Balaban J connectivity index is 1.93. The van der Waals surface area contributed by atoms with E-state index in [2.05, 4.69) is 10.3 Å². The summed E-state index contributed by atoms with van der Waals surface area (Å²) in [6.07, 6.45) is -2.91. The number of aryl methyl sites for hydroxylation is 1. The fraction of sp³-hybridized carbons (Fsp3) is 0.300. The van der Waals surface area contributed by atoms with Gasteiger partial charge in [0.2, 0.25) is 0 Å². The Bertz CT molecular complexity index is 1120. The Morgan fingerprint density at radius 3 is 2.72 bits per heavy atom. The topological polar surface area (TPSA) is 68.0 Å². The van der Waals surface area contributed by atoms with Crippen LogP contribution in [-0.4, -0.2) is 10.9 Å². The van der Waals surface area contributed by atoms with Crippen molar-refractivity contribution in [1.82, 2.24) is 4.98 Å². The molecule has 4 nitrogen and oxygen atoms in total. The van der Waals surface area contributed by atoms with Crippen molar-refractivity contribution in [3.05, 3.63) is 51.7 Å². The van der Waals surface area contributed by atoms with E-state index in [9.17, 15) is 22.4 Å². The van der Waals surface area contributed by atoms with Crippen molar-refractivity contribution < 1.29 is 22.4 Å². The molecule has 1 amide bonds. The first-order valence-electron chi connectivity index (χ1n) is 9.03. The first-order chi connectivity index (χ1) is 13.7. The highest BCUT2D eigenvalue weighted by molar-refractivity contribution is 7.18. The number of para-hydroxylation sites is 1. The second-order valence-corrected chi connectivity index (χ2v) is 8.29. The zero-order valence-electron chi connectivity index (χ0n) is 15.4. The van der Waals surface area contributed by atoms with Crippen LogP contribution in [0, 0.1) is 11.7 Å². The van der Waals surface area contributed by atoms with Gasteiger partial charge in [0.25, 0.3) is 5.91 Å². The van der Waals surface area contributed by atoms with Gasteiger partial charge in [0.05, 0.1) is 16.8 Å². The fourth-order valence-electron chi connectivity index (χ4n) is 3.75. The summed E-state index contributed by atoms with van der Waals surface area (Å²) in [5, 5.41) is 2.14. The summed E-state index contributed by atoms with van der Waals surface area (Å²) in [6.45, 7) is 2.05. The van der Waals surface area contributed by atoms with Crippen LogP contribution >= 0.6 is 11.3 Å². The molecule has 0 radical (unpaired) electrons. The number of nitrogen functional groups attached to an aromatic ring is 1. The Morgan fingerprint density at radius 2 is 2.03 bits per heavy atom. The number of anilines is 2. The van der Waals surface area contributed by atoms with Gasteiger partial charge in [0.1, 0.15) is 16.5 Å². The first-order valence-corrected chi connectivity index (χ1v) is 9.85. The van der Waals surface area contributed by atoms with Crippen LogP contribution in [-0.2, 0) is 19.0 Å². The molecule has 0 saturated heterocycles. The van der Waals surface area contributed by atoms with Crippen LogP contribution < -0.4 is 11.1 Å². The Kier molecular flexibility index (Phi) is 4.72. The summed E-state index contributed by atoms with van der Waals surface area (Å²) in [5.74, 6) is -2.06. The van der Waals surface area contributed by atoms with Gasteiger partial charge in [-0.25, -0.2) is 9.37 Å². The molecule has 29 heavy (non-hydrogen) atoms. The molecule has 3 aromatic rings. The molecule has 2 aromatic heterocycles. The van der Waals surface area contributed by atoms with Gasteiger partial charge in [0, 0.05) is 10.3 Å². The van der Waals surface area contributed by atoms with Crippen LogP contribution in [0.3, 0.4) is 0 Å². The quantitative estimate of drug-likeness (QED) is 0.542. The Labute approximate surface area is 167 Å². The summed E-state index contributed by atoms with van der Waals surface area (Å²) >= 11 is 1.19. The van der Waals surface area contributed by atoms with E-state index in [1.54, 1.807) is 0 Å². The normalized spacial score (nSPS) is 16.7. The van der Waals surface area contributed by atoms with Crippen molar-refractivity contribution in [2.24, 2.45) is 5.92 Å². The lowest BCUT2D eigenvalue weighted by Gasteiger charge is -2.20. The molecule has 1 aliphatic rings. The molecule has 0 aliphatic heterocycles. The molecule has 1 atom stereocenters. The average molecular weight is 423 g/mol. The number of nitrogens with zero attached hydrogens (tertiary/aromatic N) is 1. The van der Waals surface area contributed by atoms with Crippen molar-refractivity contribution >= 4 is 39.0 Å². The van der Waals surface area contributed by atoms with Crippen LogP contribution in [0.1, 0.15) is 39.7 Å². The highest BCUT2D eigenvalue weighted by Gasteiger charge is 2.41. The third kappa shape index (κ3) is 3.43. The highest BCUT2D eigenvalue weighted by Crippen LogP contribution is 2.46. The maximum Gasteiger partial charge on any atom is 0.418 e. The number of amides is 1. The van der Waals surface area contributed by atoms with Gasteiger partial charge in [-0.3, -0.25) is 4.79 Å². The molecule has 0 fully saturated rings. The van der Waals surface area contributed by atoms with Gasteiger partial charge in [-0.1, -0.05) is 19.1 Å². The van der Waals surface area contributed by atoms with Crippen LogP contribution in [0.25, 0.3) is 10.2 Å². The van der Waals surface area contributed by atoms with Crippen LogP contribution in [0.5, 0.6) is 0 Å². The summed E-state index contributed by atoms with van der Waals surface area (Å²) < 4.78 is 56.3. The SMILES string of the molecule is C[C@H]1CCc2c(sc3nc(N)c(C(=O)Nc4ccccc4F)c(C(F)(F)F)c23)C1. The number of thiophene rings is 1. The van der Waals surface area contributed by atoms with E-state index in [1.165, 1.54) is 29.5 Å². The third-order valence-corrected chi connectivity index (χ3v) is 6.25. The van der Waals surface area contributed by atoms with Gasteiger partial charge < -0.3 is 11.1 Å². The van der Waals surface area contributed by atoms with Crippen molar-refractivity contribution in [3.8, 4) is 0 Å². The summed E-state index contributed by atoms with van der Waals surface area (Å²) in [6, 6.07) is 5.23. The number of nitrogens with one attached hydrogen (secondary N) is 1. The number of halogens is 4. The molecule has 1 aliphatic carbocycles. The number of fused-ring (bicyclic) bond motifs is 3. The first kappa shape index (κ1) is 19.6. The lowest BCUT2D eigenvalue weighted by atomic mass is 9.87. The average Bonchev–Trinajstić information content (AvgIpc) is 2.97. The highest BCUT2D eigenvalue weighted by atomic mass is 32.1. The predicted octanol–water partition coefficient (Wildman–Crippen LogP) is 5.41. The number of carbonyl (C=O) groups is 1. The van der Waals surface area contributed by atoms with Crippen LogP contribution in [0.15, 0.2) is 24.3 Å². The summed E-state index contributed by atoms with van der Waals surface area (Å²) in [7, 11) is 0. The number of benzene rings is 1. The largest absolute Gasteiger partial charge is 0.418 e. The van der Waals surface area contributed by atoms with Gasteiger partial charge in [-0.2, -0.15) is 13.2 Å². The van der Waals surface area contributed by atoms with Crippen LogP contribution in [0.2, 0.25) is 0 Å². The van der Waals surface area contributed by atoms with Crippen molar-refractivity contribution in [1.29, 1.82) is 0 Å². The van der Waals surface area contributed by atoms with E-state index in [1.807, 2.05) is 6.92 Å². The van der Waals surface area contributed by atoms with E-state index >= 15 is 0 Å². The standard InChI is InChI=1S/C20H17F4N3OS/c1-9-6-7-10-13(8-9)29-19-14(10)16(20(22,23)24)15(17(25)27-19)18(28)26-12-5-3-2-4-11(12)21/h2-5,9H,6-8H2,1H3,(H2,25,27)(H,26,28)/t9-/m0/s1. The number of hydrogen-bond donors (Lipinski definition) is 2. The molecule has 152 valence electrons. The number of rotatable bonds is 2. The predicted molar refractivity (Wildman–Crippen MR) is 105 cm³/mol. The van der Waals surface area contributed by atoms with E-state index < -0.39 is 34.8 Å². The number of nitrogens with two attached hydrogens (primary N) is 1. The van der Waals surface area contributed by atoms with E-state index in [0.29, 0.717) is 24.3 Å². The lowest BCUT2D eigenvalue weighted by Crippen LogP contribution is -2.22. The molecule has 0 saturated carbocycles. The molecule has 3 N–H and O–H groups in total. The van der Waals surface area contributed by atoms with Gasteiger partial charge in [-0.05, 0) is 42.9 Å². The minimum absolute atomic E-state index is 0.0581. The lowest BCUT2D eigenvalue weighted by molar-refractivity contribution is -0.136. The zero-order chi connectivity index (χ0) is 20.9. The molecule has 0 bridgehead atoms. The molecule has 1 aromatic carbocycles. The Morgan fingerprint density at radius 1 is 1.31 bits per heavy atom. The van der Waals surface area contributed by atoms with E-state index in [-0.39, 0.29) is 15.9 Å². The molecular weight excluding hydrogens is 406 g/mol. The number of alkyl halides is 3. The minimum atomic E-state index is -4.82. The second kappa shape index (κ2) is 6.98. The maximum atomic E-state index is 14.1. The zero-order valence-corrected chi connectivity index (χ0v) is 16.2.